The van der Waals surface area contributed by atoms with Gasteiger partial charge >= 0.3 is 0 Å². The number of tetrazole rings is 1. The third-order valence-electron chi connectivity index (χ3n) is 5.43. The lowest BCUT2D eigenvalue weighted by Crippen LogP contribution is -2.31. The van der Waals surface area contributed by atoms with Gasteiger partial charge in [-0.2, -0.15) is 4.68 Å². The Hall–Kier alpha value is -3.48. The lowest BCUT2D eigenvalue weighted by Gasteiger charge is -2.31. The fourth-order valence-electron chi connectivity index (χ4n) is 3.95. The molecule has 7 nitrogen and oxygen atoms in total. The molecule has 1 aliphatic carbocycles. The summed E-state index contributed by atoms with van der Waals surface area (Å²) in [5.74, 6) is 1.46. The Labute approximate surface area is 168 Å². The number of carbonyl (C=O) groups excluding carboxylic acids is 1. The molecule has 1 N–H and O–H groups in total. The van der Waals surface area contributed by atoms with Crippen LogP contribution in [0.5, 0.6) is 5.75 Å². The third-order valence-corrected chi connectivity index (χ3v) is 5.43. The standard InChI is InChI=1S/C22H21N5O2/c1-14-8-10-15(11-9-14)13-29-17-5-2-4-16(12-17)21-20-18(6-3-7-19(20)28)23-22-24-25-26-27(21)22/h2,4-5,8-12,21H,3,6-7,13H2,1H3,(H,23,24,26). The molecule has 2 aromatic carbocycles. The number of allylic oxidation sites excluding steroid dienone is 2. The van der Waals surface area contributed by atoms with Crippen molar-refractivity contribution < 1.29 is 9.53 Å². The first-order valence-corrected chi connectivity index (χ1v) is 9.78. The largest absolute Gasteiger partial charge is 0.489 e. The molecular formula is C22H21N5O2. The van der Waals surface area contributed by atoms with Gasteiger partial charge in [-0.15, -0.1) is 0 Å². The average molecular weight is 387 g/mol. The van der Waals surface area contributed by atoms with Crippen LogP contribution in [0.25, 0.3) is 0 Å². The number of carbonyl (C=O) groups is 1. The van der Waals surface area contributed by atoms with Crippen molar-refractivity contribution in [1.29, 1.82) is 0 Å². The summed E-state index contributed by atoms with van der Waals surface area (Å²) >= 11 is 0. The van der Waals surface area contributed by atoms with E-state index < -0.39 is 0 Å². The zero-order valence-corrected chi connectivity index (χ0v) is 16.1. The number of fused-ring (bicyclic) bond motifs is 1. The van der Waals surface area contributed by atoms with Gasteiger partial charge in [-0.1, -0.05) is 47.1 Å². The number of hydrogen-bond donors (Lipinski definition) is 1. The minimum atomic E-state index is -0.341. The van der Waals surface area contributed by atoms with Crippen LogP contribution in [0.2, 0.25) is 0 Å². The molecule has 0 amide bonds. The number of anilines is 1. The van der Waals surface area contributed by atoms with Gasteiger partial charge in [-0.3, -0.25) is 4.79 Å². The highest BCUT2D eigenvalue weighted by molar-refractivity contribution is 5.99. The predicted octanol–water partition coefficient (Wildman–Crippen LogP) is 3.58. The number of aromatic nitrogens is 4. The van der Waals surface area contributed by atoms with Crippen molar-refractivity contribution in [3.05, 3.63) is 76.5 Å². The number of benzene rings is 2. The molecule has 1 unspecified atom stereocenters. The average Bonchev–Trinajstić information content (AvgIpc) is 3.20. The van der Waals surface area contributed by atoms with E-state index in [9.17, 15) is 4.79 Å². The molecule has 0 spiro atoms. The van der Waals surface area contributed by atoms with Gasteiger partial charge in [0, 0.05) is 17.7 Å². The SMILES string of the molecule is Cc1ccc(COc2cccc(C3C4=C(CCCC4=O)Nc4nnnn43)c2)cc1. The Morgan fingerprint density at radius 1 is 1.17 bits per heavy atom. The molecule has 1 atom stereocenters. The van der Waals surface area contributed by atoms with E-state index in [-0.39, 0.29) is 11.8 Å². The summed E-state index contributed by atoms with van der Waals surface area (Å²) in [4.78, 5) is 12.8. The number of hydrogen-bond acceptors (Lipinski definition) is 6. The molecular weight excluding hydrogens is 366 g/mol. The fraction of sp³-hybridized carbons (Fsp3) is 0.273. The van der Waals surface area contributed by atoms with Crippen LogP contribution in [0, 0.1) is 6.92 Å². The van der Waals surface area contributed by atoms with Crippen LogP contribution in [-0.2, 0) is 11.4 Å². The topological polar surface area (TPSA) is 81.9 Å². The van der Waals surface area contributed by atoms with E-state index in [1.54, 1.807) is 4.68 Å². The Kier molecular flexibility index (Phi) is 4.35. The molecule has 146 valence electrons. The minimum absolute atomic E-state index is 0.149. The molecule has 0 saturated heterocycles. The van der Waals surface area contributed by atoms with Crippen molar-refractivity contribution in [3.63, 3.8) is 0 Å². The quantitative estimate of drug-likeness (QED) is 0.737. The van der Waals surface area contributed by atoms with Gasteiger partial charge in [0.05, 0.1) is 0 Å². The lowest BCUT2D eigenvalue weighted by molar-refractivity contribution is -0.116. The molecule has 29 heavy (non-hydrogen) atoms. The maximum absolute atomic E-state index is 12.8. The van der Waals surface area contributed by atoms with Gasteiger partial charge < -0.3 is 10.1 Å². The van der Waals surface area contributed by atoms with Crippen molar-refractivity contribution in [2.24, 2.45) is 0 Å². The monoisotopic (exact) mass is 387 g/mol. The van der Waals surface area contributed by atoms with Crippen molar-refractivity contribution in [3.8, 4) is 5.75 Å². The summed E-state index contributed by atoms with van der Waals surface area (Å²) in [7, 11) is 0. The van der Waals surface area contributed by atoms with Crippen molar-refractivity contribution in [2.75, 3.05) is 5.32 Å². The third kappa shape index (κ3) is 3.29. The Balaban J connectivity index is 1.47. The van der Waals surface area contributed by atoms with Crippen LogP contribution >= 0.6 is 0 Å². The summed E-state index contributed by atoms with van der Waals surface area (Å²) in [5, 5.41) is 15.2. The second-order valence-corrected chi connectivity index (χ2v) is 7.49. The zero-order valence-electron chi connectivity index (χ0n) is 16.1. The summed E-state index contributed by atoms with van der Waals surface area (Å²) in [6, 6.07) is 15.8. The highest BCUT2D eigenvalue weighted by Crippen LogP contribution is 2.39. The molecule has 0 saturated carbocycles. The molecule has 3 aromatic rings. The lowest BCUT2D eigenvalue weighted by atomic mass is 9.85. The van der Waals surface area contributed by atoms with Crippen LogP contribution in [-0.4, -0.2) is 26.0 Å². The molecule has 1 aliphatic heterocycles. The summed E-state index contributed by atoms with van der Waals surface area (Å²) in [6.07, 6.45) is 2.23. The normalized spacial score (nSPS) is 18.1. The van der Waals surface area contributed by atoms with Gasteiger partial charge in [0.25, 0.3) is 0 Å². The van der Waals surface area contributed by atoms with Crippen LogP contribution in [0.15, 0.2) is 59.8 Å². The minimum Gasteiger partial charge on any atom is -0.489 e. The first-order valence-electron chi connectivity index (χ1n) is 9.78. The number of ketones is 1. The molecule has 0 bridgehead atoms. The molecule has 1 aromatic heterocycles. The van der Waals surface area contributed by atoms with Gasteiger partial charge in [-0.05, 0) is 53.5 Å². The number of ether oxygens (including phenoxy) is 1. The summed E-state index contributed by atoms with van der Waals surface area (Å²) in [6.45, 7) is 2.55. The van der Waals surface area contributed by atoms with E-state index in [1.807, 2.05) is 24.3 Å². The number of aryl methyl sites for hydroxylation is 1. The van der Waals surface area contributed by atoms with Crippen LogP contribution in [0.4, 0.5) is 5.95 Å². The number of nitrogens with one attached hydrogen (secondary N) is 1. The van der Waals surface area contributed by atoms with Crippen LogP contribution in [0.1, 0.15) is 42.0 Å². The molecule has 2 aliphatic rings. The van der Waals surface area contributed by atoms with Gasteiger partial charge in [-0.25, -0.2) is 0 Å². The fourth-order valence-corrected chi connectivity index (χ4v) is 3.95. The molecule has 2 heterocycles. The van der Waals surface area contributed by atoms with Gasteiger partial charge in [0.15, 0.2) is 5.78 Å². The smallest absolute Gasteiger partial charge is 0.248 e. The van der Waals surface area contributed by atoms with Crippen molar-refractivity contribution in [1.82, 2.24) is 20.2 Å². The Bertz CT molecular complexity index is 1100. The van der Waals surface area contributed by atoms with Crippen molar-refractivity contribution >= 4 is 11.7 Å². The summed E-state index contributed by atoms with van der Waals surface area (Å²) in [5.41, 5.74) is 4.95. The Morgan fingerprint density at radius 2 is 2.03 bits per heavy atom. The number of Topliss-reactive ketones (excluding diaryl/α,β-unsaturated/α-hetero) is 1. The molecule has 0 fully saturated rings. The van der Waals surface area contributed by atoms with Crippen LogP contribution < -0.4 is 10.1 Å². The van der Waals surface area contributed by atoms with E-state index in [2.05, 4.69) is 52.0 Å². The highest BCUT2D eigenvalue weighted by atomic mass is 16.5. The molecule has 0 radical (unpaired) electrons. The predicted molar refractivity (Wildman–Crippen MR) is 107 cm³/mol. The number of nitrogens with zero attached hydrogens (tertiary/aromatic N) is 4. The second-order valence-electron chi connectivity index (χ2n) is 7.49. The molecule has 5 rings (SSSR count). The van der Waals surface area contributed by atoms with Gasteiger partial charge in [0.1, 0.15) is 18.4 Å². The van der Waals surface area contributed by atoms with E-state index in [4.69, 9.17) is 4.74 Å². The summed E-state index contributed by atoms with van der Waals surface area (Å²) < 4.78 is 7.70. The van der Waals surface area contributed by atoms with E-state index in [0.717, 1.165) is 41.0 Å². The van der Waals surface area contributed by atoms with Crippen molar-refractivity contribution in [2.45, 2.75) is 38.8 Å². The van der Waals surface area contributed by atoms with E-state index in [0.29, 0.717) is 19.0 Å². The highest BCUT2D eigenvalue weighted by Gasteiger charge is 2.36. The second kappa shape index (κ2) is 7.16. The first kappa shape index (κ1) is 17.6. The maximum atomic E-state index is 12.8. The molecule has 7 heteroatoms. The maximum Gasteiger partial charge on any atom is 0.248 e. The first-order chi connectivity index (χ1) is 14.2. The van der Waals surface area contributed by atoms with Crippen LogP contribution in [0.3, 0.4) is 0 Å². The van der Waals surface area contributed by atoms with E-state index >= 15 is 0 Å². The zero-order chi connectivity index (χ0) is 19.8. The van der Waals surface area contributed by atoms with E-state index in [1.165, 1.54) is 5.56 Å². The number of rotatable bonds is 4. The Morgan fingerprint density at radius 3 is 2.90 bits per heavy atom. The van der Waals surface area contributed by atoms with Gasteiger partial charge in [0.2, 0.25) is 5.95 Å².